The SMILES string of the molecule is COc1cc(F)c(-c2nc(CCO)[nH]c2C)cc1F. The molecule has 0 unspecified atom stereocenters. The fourth-order valence-corrected chi connectivity index (χ4v) is 1.88. The van der Waals surface area contributed by atoms with Crippen LogP contribution in [0.5, 0.6) is 5.75 Å². The topological polar surface area (TPSA) is 58.1 Å². The van der Waals surface area contributed by atoms with Crippen LogP contribution in [0.2, 0.25) is 0 Å². The van der Waals surface area contributed by atoms with Gasteiger partial charge in [0, 0.05) is 23.7 Å². The van der Waals surface area contributed by atoms with Crippen LogP contribution < -0.4 is 4.74 Å². The Hall–Kier alpha value is -1.95. The molecule has 6 heteroatoms. The minimum absolute atomic E-state index is 0.0636. The molecule has 0 fully saturated rings. The van der Waals surface area contributed by atoms with Crippen molar-refractivity contribution in [3.8, 4) is 17.0 Å². The van der Waals surface area contributed by atoms with Crippen LogP contribution in [0.3, 0.4) is 0 Å². The van der Waals surface area contributed by atoms with Gasteiger partial charge in [-0.25, -0.2) is 13.8 Å². The van der Waals surface area contributed by atoms with E-state index in [4.69, 9.17) is 9.84 Å². The number of rotatable bonds is 4. The lowest BCUT2D eigenvalue weighted by Gasteiger charge is -2.06. The van der Waals surface area contributed by atoms with Crippen molar-refractivity contribution in [2.45, 2.75) is 13.3 Å². The zero-order valence-electron chi connectivity index (χ0n) is 10.6. The number of aromatic amines is 1. The lowest BCUT2D eigenvalue weighted by atomic mass is 10.1. The zero-order valence-corrected chi connectivity index (χ0v) is 10.6. The van der Waals surface area contributed by atoms with Gasteiger partial charge in [-0.15, -0.1) is 0 Å². The van der Waals surface area contributed by atoms with Crippen molar-refractivity contribution in [1.29, 1.82) is 0 Å². The molecule has 102 valence electrons. The maximum atomic E-state index is 13.9. The number of aliphatic hydroxyl groups excluding tert-OH is 1. The van der Waals surface area contributed by atoms with Gasteiger partial charge < -0.3 is 14.8 Å². The Morgan fingerprint density at radius 3 is 2.68 bits per heavy atom. The van der Waals surface area contributed by atoms with E-state index in [0.717, 1.165) is 12.1 Å². The molecule has 0 spiro atoms. The number of methoxy groups -OCH3 is 1. The van der Waals surface area contributed by atoms with E-state index in [1.165, 1.54) is 7.11 Å². The molecule has 0 aliphatic rings. The van der Waals surface area contributed by atoms with Crippen LogP contribution in [0.1, 0.15) is 11.5 Å². The number of hydrogen-bond donors (Lipinski definition) is 2. The van der Waals surface area contributed by atoms with Gasteiger partial charge >= 0.3 is 0 Å². The lowest BCUT2D eigenvalue weighted by Crippen LogP contribution is -1.95. The highest BCUT2D eigenvalue weighted by atomic mass is 19.1. The largest absolute Gasteiger partial charge is 0.494 e. The number of imidazole rings is 1. The minimum Gasteiger partial charge on any atom is -0.494 e. The van der Waals surface area contributed by atoms with E-state index in [1.54, 1.807) is 6.92 Å². The van der Waals surface area contributed by atoms with Crippen LogP contribution in [0.4, 0.5) is 8.78 Å². The third kappa shape index (κ3) is 2.58. The van der Waals surface area contributed by atoms with Gasteiger partial charge in [0.25, 0.3) is 0 Å². The fraction of sp³-hybridized carbons (Fsp3) is 0.308. The number of aromatic nitrogens is 2. The monoisotopic (exact) mass is 268 g/mol. The summed E-state index contributed by atoms with van der Waals surface area (Å²) in [5.74, 6) is -0.871. The zero-order chi connectivity index (χ0) is 14.0. The summed E-state index contributed by atoms with van der Waals surface area (Å²) in [4.78, 5) is 7.09. The fourth-order valence-electron chi connectivity index (χ4n) is 1.88. The number of nitrogens with one attached hydrogen (secondary N) is 1. The third-order valence-corrected chi connectivity index (χ3v) is 2.78. The van der Waals surface area contributed by atoms with Crippen LogP contribution in [-0.2, 0) is 6.42 Å². The average molecular weight is 268 g/mol. The highest BCUT2D eigenvalue weighted by Crippen LogP contribution is 2.29. The van der Waals surface area contributed by atoms with Gasteiger partial charge in [0.2, 0.25) is 0 Å². The van der Waals surface area contributed by atoms with E-state index in [2.05, 4.69) is 9.97 Å². The molecular formula is C13H14F2N2O2. The molecule has 2 aromatic rings. The van der Waals surface area contributed by atoms with E-state index in [1.807, 2.05) is 0 Å². The first kappa shape index (κ1) is 13.5. The smallest absolute Gasteiger partial charge is 0.165 e. The van der Waals surface area contributed by atoms with E-state index < -0.39 is 11.6 Å². The predicted octanol–water partition coefficient (Wildman–Crippen LogP) is 2.21. The number of H-pyrrole nitrogens is 1. The summed E-state index contributed by atoms with van der Waals surface area (Å²) in [5, 5.41) is 8.85. The Morgan fingerprint density at radius 1 is 1.32 bits per heavy atom. The van der Waals surface area contributed by atoms with Gasteiger partial charge in [0.15, 0.2) is 11.6 Å². The van der Waals surface area contributed by atoms with E-state index >= 15 is 0 Å². The standard InChI is InChI=1S/C13H14F2N2O2/c1-7-13(17-12(16-7)3-4-18)8-5-10(15)11(19-2)6-9(8)14/h5-6,18H,3-4H2,1-2H3,(H,16,17). The third-order valence-electron chi connectivity index (χ3n) is 2.78. The van der Waals surface area contributed by atoms with Crippen molar-refractivity contribution in [3.05, 3.63) is 35.3 Å². The normalized spacial score (nSPS) is 10.8. The number of nitrogens with zero attached hydrogens (tertiary/aromatic N) is 1. The van der Waals surface area contributed by atoms with Gasteiger partial charge in [-0.05, 0) is 13.0 Å². The van der Waals surface area contributed by atoms with Gasteiger partial charge in [-0.2, -0.15) is 0 Å². The van der Waals surface area contributed by atoms with E-state index in [-0.39, 0.29) is 17.9 Å². The number of hydrogen-bond acceptors (Lipinski definition) is 3. The van der Waals surface area contributed by atoms with Crippen molar-refractivity contribution < 1.29 is 18.6 Å². The average Bonchev–Trinajstić information content (AvgIpc) is 2.73. The first-order valence-corrected chi connectivity index (χ1v) is 5.76. The van der Waals surface area contributed by atoms with Crippen molar-refractivity contribution in [2.75, 3.05) is 13.7 Å². The van der Waals surface area contributed by atoms with Crippen LogP contribution in [0, 0.1) is 18.6 Å². The number of benzene rings is 1. The Bertz CT molecular complexity index is 597. The highest BCUT2D eigenvalue weighted by molar-refractivity contribution is 5.64. The lowest BCUT2D eigenvalue weighted by molar-refractivity contribution is 0.297. The second kappa shape index (κ2) is 5.36. The summed E-state index contributed by atoms with van der Waals surface area (Å²) < 4.78 is 32.3. The van der Waals surface area contributed by atoms with Crippen molar-refractivity contribution in [3.63, 3.8) is 0 Å². The molecule has 0 aliphatic heterocycles. The molecule has 4 nitrogen and oxygen atoms in total. The Morgan fingerprint density at radius 2 is 2.05 bits per heavy atom. The second-order valence-corrected chi connectivity index (χ2v) is 4.10. The first-order valence-electron chi connectivity index (χ1n) is 5.76. The molecule has 0 amide bonds. The van der Waals surface area contributed by atoms with E-state index in [9.17, 15) is 8.78 Å². The molecule has 1 heterocycles. The minimum atomic E-state index is -0.648. The highest BCUT2D eigenvalue weighted by Gasteiger charge is 2.16. The number of aryl methyl sites for hydroxylation is 1. The van der Waals surface area contributed by atoms with Gasteiger partial charge in [0.05, 0.1) is 19.4 Å². The molecule has 0 bridgehead atoms. The number of aliphatic hydroxyl groups is 1. The Balaban J connectivity index is 2.49. The number of halogens is 2. The molecule has 19 heavy (non-hydrogen) atoms. The molecule has 0 saturated heterocycles. The van der Waals surface area contributed by atoms with Gasteiger partial charge in [0.1, 0.15) is 11.6 Å². The molecule has 0 radical (unpaired) electrons. The predicted molar refractivity (Wildman–Crippen MR) is 66.0 cm³/mol. The summed E-state index contributed by atoms with van der Waals surface area (Å²) in [7, 11) is 1.27. The van der Waals surface area contributed by atoms with Crippen molar-refractivity contribution in [1.82, 2.24) is 9.97 Å². The summed E-state index contributed by atoms with van der Waals surface area (Å²) in [6.07, 6.45) is 0.334. The molecule has 0 saturated carbocycles. The first-order chi connectivity index (χ1) is 9.06. The molecule has 0 aliphatic carbocycles. The molecular weight excluding hydrogens is 254 g/mol. The molecule has 2 rings (SSSR count). The van der Waals surface area contributed by atoms with Crippen LogP contribution >= 0.6 is 0 Å². The van der Waals surface area contributed by atoms with Gasteiger partial charge in [-0.1, -0.05) is 0 Å². The molecule has 0 atom stereocenters. The molecule has 1 aromatic carbocycles. The Kier molecular flexibility index (Phi) is 3.80. The molecule has 1 aromatic heterocycles. The van der Waals surface area contributed by atoms with Crippen LogP contribution in [0.25, 0.3) is 11.3 Å². The van der Waals surface area contributed by atoms with Gasteiger partial charge in [-0.3, -0.25) is 0 Å². The summed E-state index contributed by atoms with van der Waals surface area (Å²) in [6.45, 7) is 1.65. The number of ether oxygens (including phenoxy) is 1. The summed E-state index contributed by atoms with van der Waals surface area (Å²) in [6, 6.07) is 2.05. The maximum Gasteiger partial charge on any atom is 0.165 e. The van der Waals surface area contributed by atoms with E-state index in [0.29, 0.717) is 23.6 Å². The van der Waals surface area contributed by atoms with Crippen molar-refractivity contribution in [2.24, 2.45) is 0 Å². The maximum absolute atomic E-state index is 13.9. The van der Waals surface area contributed by atoms with Crippen LogP contribution in [-0.4, -0.2) is 28.8 Å². The molecule has 2 N–H and O–H groups in total. The summed E-state index contributed by atoms with van der Waals surface area (Å²) >= 11 is 0. The second-order valence-electron chi connectivity index (χ2n) is 4.10. The van der Waals surface area contributed by atoms with Crippen molar-refractivity contribution >= 4 is 0 Å². The van der Waals surface area contributed by atoms with Crippen LogP contribution in [0.15, 0.2) is 12.1 Å². The Labute approximate surface area is 109 Å². The quantitative estimate of drug-likeness (QED) is 0.893. The summed E-state index contributed by atoms with van der Waals surface area (Å²) in [5.41, 5.74) is 1.02.